The van der Waals surface area contributed by atoms with Crippen molar-refractivity contribution in [3.8, 4) is 11.5 Å². The van der Waals surface area contributed by atoms with E-state index in [1.165, 1.54) is 18.5 Å². The Morgan fingerprint density at radius 2 is 1.95 bits per heavy atom. The summed E-state index contributed by atoms with van der Waals surface area (Å²) in [6.45, 7) is 4.85. The zero-order valence-corrected chi connectivity index (χ0v) is 23.5. The number of benzene rings is 3. The predicted molar refractivity (Wildman–Crippen MR) is 159 cm³/mol. The molecular weight excluding hydrogens is 561 g/mol. The van der Waals surface area contributed by atoms with Crippen LogP contribution in [-0.2, 0) is 16.1 Å². The molecule has 1 saturated heterocycles. The second kappa shape index (κ2) is 12.7. The molecule has 216 valence electrons. The summed E-state index contributed by atoms with van der Waals surface area (Å²) in [6, 6.07) is 15.2. The molecule has 0 radical (unpaired) electrons. The van der Waals surface area contributed by atoms with E-state index in [0.29, 0.717) is 77.7 Å². The minimum atomic E-state index is -0.320. The van der Waals surface area contributed by atoms with Crippen LogP contribution >= 0.6 is 11.6 Å². The van der Waals surface area contributed by atoms with Crippen molar-refractivity contribution in [2.45, 2.75) is 6.61 Å². The third-order valence-corrected chi connectivity index (χ3v) is 7.35. The maximum Gasteiger partial charge on any atom is 0.250 e. The van der Waals surface area contributed by atoms with Crippen molar-refractivity contribution < 1.29 is 23.4 Å². The molecule has 11 heteroatoms. The van der Waals surface area contributed by atoms with Gasteiger partial charge >= 0.3 is 0 Å². The SMILES string of the molecule is O=C(/C=C/CN1CCOCC1)N1CCOc2cc3ncnc(Nc4ccc(OCc5cccc(F)c5)c(Cl)c4)c3cc21. The van der Waals surface area contributed by atoms with Crippen molar-refractivity contribution in [1.82, 2.24) is 14.9 Å². The molecule has 1 N–H and O–H groups in total. The second-order valence-corrected chi connectivity index (χ2v) is 10.3. The molecule has 2 aliphatic heterocycles. The Labute approximate surface area is 247 Å². The number of halogens is 2. The van der Waals surface area contributed by atoms with Gasteiger partial charge in [-0.05, 0) is 42.0 Å². The molecule has 1 aromatic heterocycles. The van der Waals surface area contributed by atoms with Gasteiger partial charge in [-0.2, -0.15) is 0 Å². The Kier molecular flexibility index (Phi) is 8.45. The highest BCUT2D eigenvalue weighted by Crippen LogP contribution is 2.38. The van der Waals surface area contributed by atoms with Crippen LogP contribution in [0, 0.1) is 5.82 Å². The number of nitrogens with zero attached hydrogens (tertiary/aromatic N) is 4. The van der Waals surface area contributed by atoms with E-state index < -0.39 is 0 Å². The van der Waals surface area contributed by atoms with Crippen LogP contribution in [0.5, 0.6) is 11.5 Å². The molecular formula is C31H29ClFN5O4. The number of hydrogen-bond acceptors (Lipinski definition) is 8. The van der Waals surface area contributed by atoms with Crippen LogP contribution in [0.15, 0.2) is 73.1 Å². The van der Waals surface area contributed by atoms with Crippen LogP contribution in [0.1, 0.15) is 5.56 Å². The fraction of sp³-hybridized carbons (Fsp3) is 0.258. The quantitative estimate of drug-likeness (QED) is 0.275. The van der Waals surface area contributed by atoms with Crippen molar-refractivity contribution in [1.29, 1.82) is 0 Å². The standard InChI is InChI=1S/C31H29ClFN5O4/c32-25-16-23(6-7-28(25)42-19-21-3-1-4-22(33)15-21)36-31-24-17-27-29(18-26(24)34-20-35-31)41-14-11-38(27)30(39)5-2-8-37-9-12-40-13-10-37/h1-7,15-18,20H,8-14,19H2,(H,34,35,36)/b5-2+. The number of amides is 1. The molecule has 4 aromatic rings. The van der Waals surface area contributed by atoms with Crippen LogP contribution in [-0.4, -0.2) is 66.8 Å². The Balaban J connectivity index is 1.19. The molecule has 0 saturated carbocycles. The van der Waals surface area contributed by atoms with Crippen molar-refractivity contribution in [2.75, 3.05) is 56.2 Å². The number of aromatic nitrogens is 2. The summed E-state index contributed by atoms with van der Waals surface area (Å²) in [5.41, 5.74) is 2.72. The normalized spacial score (nSPS) is 15.4. The lowest BCUT2D eigenvalue weighted by Gasteiger charge is -2.29. The van der Waals surface area contributed by atoms with Crippen molar-refractivity contribution >= 4 is 45.6 Å². The molecule has 3 aromatic carbocycles. The van der Waals surface area contributed by atoms with E-state index in [1.807, 2.05) is 24.3 Å². The smallest absolute Gasteiger partial charge is 0.250 e. The zero-order chi connectivity index (χ0) is 28.9. The Morgan fingerprint density at radius 3 is 2.79 bits per heavy atom. The van der Waals surface area contributed by atoms with Crippen LogP contribution < -0.4 is 19.7 Å². The van der Waals surface area contributed by atoms with Gasteiger partial charge in [0, 0.05) is 42.9 Å². The van der Waals surface area contributed by atoms with E-state index in [-0.39, 0.29) is 18.3 Å². The van der Waals surface area contributed by atoms with E-state index in [0.717, 1.165) is 18.5 Å². The number of carbonyl (C=O) groups is 1. The highest BCUT2D eigenvalue weighted by Gasteiger charge is 2.24. The Hall–Kier alpha value is -4.25. The highest BCUT2D eigenvalue weighted by molar-refractivity contribution is 6.32. The van der Waals surface area contributed by atoms with E-state index in [2.05, 4.69) is 20.2 Å². The average molecular weight is 590 g/mol. The van der Waals surface area contributed by atoms with E-state index >= 15 is 0 Å². The number of rotatable bonds is 8. The van der Waals surface area contributed by atoms with Crippen LogP contribution in [0.2, 0.25) is 5.02 Å². The van der Waals surface area contributed by atoms with E-state index in [1.54, 1.807) is 35.2 Å². The Bertz CT molecular complexity index is 1630. The largest absolute Gasteiger partial charge is 0.489 e. The summed E-state index contributed by atoms with van der Waals surface area (Å²) in [6.07, 6.45) is 4.99. The number of ether oxygens (including phenoxy) is 3. The van der Waals surface area contributed by atoms with E-state index in [4.69, 9.17) is 25.8 Å². The van der Waals surface area contributed by atoms with Crippen LogP contribution in [0.3, 0.4) is 0 Å². The van der Waals surface area contributed by atoms with Crippen LogP contribution in [0.25, 0.3) is 10.9 Å². The van der Waals surface area contributed by atoms with Crippen LogP contribution in [0.4, 0.5) is 21.6 Å². The van der Waals surface area contributed by atoms with Gasteiger partial charge in [0.25, 0.3) is 5.91 Å². The number of fused-ring (bicyclic) bond motifs is 2. The van der Waals surface area contributed by atoms with Gasteiger partial charge in [0.05, 0.1) is 36.0 Å². The van der Waals surface area contributed by atoms with Gasteiger partial charge in [-0.1, -0.05) is 29.8 Å². The van der Waals surface area contributed by atoms with Gasteiger partial charge in [0.1, 0.15) is 42.7 Å². The predicted octanol–water partition coefficient (Wildman–Crippen LogP) is 5.36. The van der Waals surface area contributed by atoms with Gasteiger partial charge in [-0.25, -0.2) is 14.4 Å². The lowest BCUT2D eigenvalue weighted by atomic mass is 10.1. The summed E-state index contributed by atoms with van der Waals surface area (Å²) >= 11 is 6.50. The summed E-state index contributed by atoms with van der Waals surface area (Å²) in [5, 5.41) is 4.41. The minimum Gasteiger partial charge on any atom is -0.489 e. The zero-order valence-electron chi connectivity index (χ0n) is 22.8. The number of hydrogen-bond donors (Lipinski definition) is 1. The first-order valence-electron chi connectivity index (χ1n) is 13.7. The molecule has 1 fully saturated rings. The molecule has 1 amide bonds. The third kappa shape index (κ3) is 6.46. The van der Waals surface area contributed by atoms with Gasteiger partial charge in [-0.3, -0.25) is 9.69 Å². The molecule has 0 atom stereocenters. The van der Waals surface area contributed by atoms with Gasteiger partial charge in [0.2, 0.25) is 0 Å². The minimum absolute atomic E-state index is 0.112. The monoisotopic (exact) mass is 589 g/mol. The number of carbonyl (C=O) groups excluding carboxylic acids is 1. The lowest BCUT2D eigenvalue weighted by molar-refractivity contribution is -0.114. The molecule has 42 heavy (non-hydrogen) atoms. The molecule has 0 unspecified atom stereocenters. The summed E-state index contributed by atoms with van der Waals surface area (Å²) in [5.74, 6) is 1.18. The summed E-state index contributed by atoms with van der Waals surface area (Å²) in [4.78, 5) is 26.0. The Morgan fingerprint density at radius 1 is 1.07 bits per heavy atom. The van der Waals surface area contributed by atoms with Gasteiger partial charge < -0.3 is 24.4 Å². The number of morpholine rings is 1. The van der Waals surface area contributed by atoms with Crippen molar-refractivity contribution in [3.05, 3.63) is 89.5 Å². The topological polar surface area (TPSA) is 89.1 Å². The molecule has 0 bridgehead atoms. The van der Waals surface area contributed by atoms with Gasteiger partial charge in [0.15, 0.2) is 0 Å². The maximum atomic E-state index is 13.5. The lowest BCUT2D eigenvalue weighted by Crippen LogP contribution is -2.38. The second-order valence-electron chi connectivity index (χ2n) is 9.90. The highest BCUT2D eigenvalue weighted by atomic mass is 35.5. The average Bonchev–Trinajstić information content (AvgIpc) is 3.00. The third-order valence-electron chi connectivity index (χ3n) is 7.05. The maximum absolute atomic E-state index is 13.5. The molecule has 0 spiro atoms. The van der Waals surface area contributed by atoms with Gasteiger partial charge in [-0.15, -0.1) is 0 Å². The molecule has 3 heterocycles. The number of nitrogens with one attached hydrogen (secondary N) is 1. The first-order valence-corrected chi connectivity index (χ1v) is 14.0. The first kappa shape index (κ1) is 27.9. The van der Waals surface area contributed by atoms with Crippen molar-refractivity contribution in [2.24, 2.45) is 0 Å². The molecule has 2 aliphatic rings. The number of anilines is 3. The molecule has 9 nitrogen and oxygen atoms in total. The molecule has 6 rings (SSSR count). The fourth-order valence-electron chi connectivity index (χ4n) is 4.89. The van der Waals surface area contributed by atoms with E-state index in [9.17, 15) is 9.18 Å². The summed E-state index contributed by atoms with van der Waals surface area (Å²) in [7, 11) is 0. The first-order chi connectivity index (χ1) is 20.5. The van der Waals surface area contributed by atoms with Crippen molar-refractivity contribution in [3.63, 3.8) is 0 Å². The molecule has 0 aliphatic carbocycles. The fourth-order valence-corrected chi connectivity index (χ4v) is 5.13. The summed E-state index contributed by atoms with van der Waals surface area (Å²) < 4.78 is 30.5.